The molecule has 1 aromatic rings. The lowest BCUT2D eigenvalue weighted by Gasteiger charge is -2.03. The number of hydrogen-bond donors (Lipinski definition) is 2. The number of amides is 1. The molecule has 3 N–H and O–H groups in total. The van der Waals surface area contributed by atoms with Gasteiger partial charge in [0.15, 0.2) is 5.82 Å². The van der Waals surface area contributed by atoms with Gasteiger partial charge in [-0.1, -0.05) is 0 Å². The molecular formula is C8H11FN4O2. The third kappa shape index (κ3) is 4.87. The van der Waals surface area contributed by atoms with Crippen molar-refractivity contribution in [2.24, 2.45) is 5.73 Å². The van der Waals surface area contributed by atoms with E-state index in [1.807, 2.05) is 0 Å². The maximum absolute atomic E-state index is 12.4. The van der Waals surface area contributed by atoms with Gasteiger partial charge in [-0.3, -0.25) is 4.79 Å². The molecular weight excluding hydrogens is 203 g/mol. The Bertz CT molecular complexity index is 317. The lowest BCUT2D eigenvalue weighted by molar-refractivity contribution is -0.122. The van der Waals surface area contributed by atoms with Crippen molar-refractivity contribution in [3.05, 3.63) is 18.2 Å². The first kappa shape index (κ1) is 11.3. The number of aromatic nitrogens is 2. The summed E-state index contributed by atoms with van der Waals surface area (Å²) < 4.78 is 17.3. The zero-order valence-corrected chi connectivity index (χ0v) is 7.94. The summed E-state index contributed by atoms with van der Waals surface area (Å²) in [6.45, 7) is 0.592. The molecule has 0 aromatic carbocycles. The number of hydrogen-bond acceptors (Lipinski definition) is 5. The highest BCUT2D eigenvalue weighted by atomic mass is 19.1. The Morgan fingerprint density at radius 2 is 2.20 bits per heavy atom. The molecule has 0 spiro atoms. The molecule has 0 saturated carbocycles. The molecule has 0 saturated heterocycles. The monoisotopic (exact) mass is 214 g/mol. The number of anilines is 1. The fourth-order valence-corrected chi connectivity index (χ4v) is 0.811. The van der Waals surface area contributed by atoms with Crippen LogP contribution in [0.5, 0.6) is 0 Å². The molecule has 1 aromatic heterocycles. The molecule has 6 nitrogen and oxygen atoms in total. The Hall–Kier alpha value is -1.76. The SMILES string of the molecule is NC(=O)COCCNc1ncc(F)cn1. The summed E-state index contributed by atoms with van der Waals surface area (Å²) >= 11 is 0. The van der Waals surface area contributed by atoms with Crippen LogP contribution >= 0.6 is 0 Å². The largest absolute Gasteiger partial charge is 0.370 e. The number of carbonyl (C=O) groups is 1. The van der Waals surface area contributed by atoms with Gasteiger partial charge >= 0.3 is 0 Å². The Morgan fingerprint density at radius 3 is 2.80 bits per heavy atom. The van der Waals surface area contributed by atoms with E-state index in [0.717, 1.165) is 12.4 Å². The number of nitrogens with one attached hydrogen (secondary N) is 1. The lowest BCUT2D eigenvalue weighted by Crippen LogP contribution is -2.20. The number of nitrogens with two attached hydrogens (primary N) is 1. The summed E-state index contributed by atoms with van der Waals surface area (Å²) in [5.74, 6) is -0.711. The fourth-order valence-electron chi connectivity index (χ4n) is 0.811. The van der Waals surface area contributed by atoms with Gasteiger partial charge in [-0.2, -0.15) is 0 Å². The smallest absolute Gasteiger partial charge is 0.243 e. The Labute approximate surface area is 85.7 Å². The van der Waals surface area contributed by atoms with Crippen LogP contribution in [0.3, 0.4) is 0 Å². The number of nitrogens with zero attached hydrogens (tertiary/aromatic N) is 2. The first-order valence-corrected chi connectivity index (χ1v) is 4.26. The molecule has 0 radical (unpaired) electrons. The zero-order valence-electron chi connectivity index (χ0n) is 7.94. The van der Waals surface area contributed by atoms with Crippen molar-refractivity contribution in [2.45, 2.75) is 0 Å². The Kier molecular flexibility index (Phi) is 4.42. The number of halogens is 1. The van der Waals surface area contributed by atoms with E-state index in [4.69, 9.17) is 10.5 Å². The van der Waals surface area contributed by atoms with Gasteiger partial charge in [0.05, 0.1) is 19.0 Å². The molecule has 0 aliphatic rings. The third-order valence-electron chi connectivity index (χ3n) is 1.39. The van der Waals surface area contributed by atoms with Crippen molar-refractivity contribution < 1.29 is 13.9 Å². The molecule has 0 aliphatic carbocycles. The first-order chi connectivity index (χ1) is 7.18. The molecule has 15 heavy (non-hydrogen) atoms. The van der Waals surface area contributed by atoms with Crippen LogP contribution in [-0.2, 0) is 9.53 Å². The van der Waals surface area contributed by atoms with Crippen molar-refractivity contribution >= 4 is 11.9 Å². The van der Waals surface area contributed by atoms with Crippen LogP contribution in [0.2, 0.25) is 0 Å². The van der Waals surface area contributed by atoms with Gasteiger partial charge in [0.25, 0.3) is 0 Å². The van der Waals surface area contributed by atoms with E-state index in [1.165, 1.54) is 0 Å². The molecule has 0 atom stereocenters. The molecule has 7 heteroatoms. The number of rotatable bonds is 6. The molecule has 1 amide bonds. The van der Waals surface area contributed by atoms with E-state index in [-0.39, 0.29) is 6.61 Å². The maximum Gasteiger partial charge on any atom is 0.243 e. The highest BCUT2D eigenvalue weighted by molar-refractivity contribution is 5.74. The van der Waals surface area contributed by atoms with Gasteiger partial charge in [-0.25, -0.2) is 14.4 Å². The standard InChI is InChI=1S/C8H11FN4O2/c9-6-3-12-8(13-4-6)11-1-2-15-5-7(10)14/h3-4H,1-2,5H2,(H2,10,14)(H,11,12,13). The van der Waals surface area contributed by atoms with Gasteiger partial charge in [0, 0.05) is 6.54 Å². The van der Waals surface area contributed by atoms with E-state index in [0.29, 0.717) is 19.1 Å². The topological polar surface area (TPSA) is 90.1 Å². The molecule has 0 aliphatic heterocycles. The number of primary amides is 1. The minimum Gasteiger partial charge on any atom is -0.370 e. The number of ether oxygens (including phenoxy) is 1. The average molecular weight is 214 g/mol. The molecule has 0 unspecified atom stereocenters. The minimum absolute atomic E-state index is 0.119. The van der Waals surface area contributed by atoms with E-state index < -0.39 is 11.7 Å². The summed E-state index contributed by atoms with van der Waals surface area (Å²) in [5.41, 5.74) is 4.85. The van der Waals surface area contributed by atoms with Gasteiger partial charge in [0.2, 0.25) is 11.9 Å². The quantitative estimate of drug-likeness (QED) is 0.625. The fraction of sp³-hybridized carbons (Fsp3) is 0.375. The van der Waals surface area contributed by atoms with Crippen LogP contribution < -0.4 is 11.1 Å². The molecule has 0 bridgehead atoms. The molecule has 0 fully saturated rings. The van der Waals surface area contributed by atoms with E-state index in [1.54, 1.807) is 0 Å². The van der Waals surface area contributed by atoms with Gasteiger partial charge in [-0.05, 0) is 0 Å². The third-order valence-corrected chi connectivity index (χ3v) is 1.39. The summed E-state index contributed by atoms with van der Waals surface area (Å²) in [5, 5.41) is 2.78. The second-order valence-electron chi connectivity index (χ2n) is 2.67. The Morgan fingerprint density at radius 1 is 1.53 bits per heavy atom. The maximum atomic E-state index is 12.4. The van der Waals surface area contributed by atoms with Gasteiger partial charge in [-0.15, -0.1) is 0 Å². The summed E-state index contributed by atoms with van der Waals surface area (Å²) in [4.78, 5) is 17.6. The highest BCUT2D eigenvalue weighted by Crippen LogP contribution is 1.96. The second kappa shape index (κ2) is 5.86. The predicted molar refractivity (Wildman–Crippen MR) is 50.5 cm³/mol. The van der Waals surface area contributed by atoms with Crippen LogP contribution in [0.15, 0.2) is 12.4 Å². The first-order valence-electron chi connectivity index (χ1n) is 4.26. The van der Waals surface area contributed by atoms with Crippen LogP contribution in [0.4, 0.5) is 10.3 Å². The summed E-state index contributed by atoms with van der Waals surface area (Å²) in [6.07, 6.45) is 2.11. The van der Waals surface area contributed by atoms with Crippen molar-refractivity contribution in [3.8, 4) is 0 Å². The van der Waals surface area contributed by atoms with Crippen molar-refractivity contribution in [2.75, 3.05) is 25.1 Å². The zero-order chi connectivity index (χ0) is 11.1. The van der Waals surface area contributed by atoms with Crippen LogP contribution in [0.25, 0.3) is 0 Å². The van der Waals surface area contributed by atoms with E-state index >= 15 is 0 Å². The number of carbonyl (C=O) groups excluding carboxylic acids is 1. The average Bonchev–Trinajstić information content (AvgIpc) is 2.20. The van der Waals surface area contributed by atoms with Crippen molar-refractivity contribution in [1.82, 2.24) is 9.97 Å². The van der Waals surface area contributed by atoms with E-state index in [2.05, 4.69) is 15.3 Å². The predicted octanol–water partition coefficient (Wildman–Crippen LogP) is -0.471. The van der Waals surface area contributed by atoms with Gasteiger partial charge in [0.1, 0.15) is 6.61 Å². The molecule has 1 heterocycles. The molecule has 82 valence electrons. The van der Waals surface area contributed by atoms with E-state index in [9.17, 15) is 9.18 Å². The van der Waals surface area contributed by atoms with Crippen LogP contribution in [0, 0.1) is 5.82 Å². The van der Waals surface area contributed by atoms with Crippen molar-refractivity contribution in [1.29, 1.82) is 0 Å². The Balaban J connectivity index is 2.15. The van der Waals surface area contributed by atoms with Crippen LogP contribution in [0.1, 0.15) is 0 Å². The summed E-state index contributed by atoms with van der Waals surface area (Å²) in [7, 11) is 0. The lowest BCUT2D eigenvalue weighted by atomic mass is 10.6. The minimum atomic E-state index is -0.520. The van der Waals surface area contributed by atoms with Crippen molar-refractivity contribution in [3.63, 3.8) is 0 Å². The van der Waals surface area contributed by atoms with Crippen LogP contribution in [-0.4, -0.2) is 35.6 Å². The second-order valence-corrected chi connectivity index (χ2v) is 2.67. The normalized spacial score (nSPS) is 9.93. The highest BCUT2D eigenvalue weighted by Gasteiger charge is 1.96. The van der Waals surface area contributed by atoms with Gasteiger partial charge < -0.3 is 15.8 Å². The molecule has 1 rings (SSSR count). The summed E-state index contributed by atoms with van der Waals surface area (Å²) in [6, 6.07) is 0.